The van der Waals surface area contributed by atoms with Crippen LogP contribution in [0.4, 0.5) is 0 Å². The zero-order valence-electron chi connectivity index (χ0n) is 11.0. The summed E-state index contributed by atoms with van der Waals surface area (Å²) in [6.45, 7) is 7.20. The summed E-state index contributed by atoms with van der Waals surface area (Å²) < 4.78 is 4.70. The molecule has 3 atom stereocenters. The van der Waals surface area contributed by atoms with Crippen LogP contribution in [0, 0.1) is 11.8 Å². The number of nitrogens with zero attached hydrogens (tertiary/aromatic N) is 1. The molecule has 3 unspecified atom stereocenters. The van der Waals surface area contributed by atoms with Crippen molar-refractivity contribution in [3.8, 4) is 0 Å². The quantitative estimate of drug-likeness (QED) is 0.330. The molecule has 19 heavy (non-hydrogen) atoms. The number of hydrogen-bond acceptors (Lipinski definition) is 4. The fourth-order valence-electron chi connectivity index (χ4n) is 2.78. The molecular formula is C14H17NO4. The van der Waals surface area contributed by atoms with Gasteiger partial charge in [0.15, 0.2) is 0 Å². The second-order valence-electron chi connectivity index (χ2n) is 5.07. The topological polar surface area (TPSA) is 63.7 Å². The van der Waals surface area contributed by atoms with Crippen LogP contribution in [-0.2, 0) is 19.1 Å². The van der Waals surface area contributed by atoms with E-state index in [1.54, 1.807) is 4.90 Å². The molecule has 5 nitrogen and oxygen atoms in total. The first kappa shape index (κ1) is 13.5. The molecule has 1 heterocycles. The van der Waals surface area contributed by atoms with E-state index in [-0.39, 0.29) is 11.9 Å². The SMILES string of the molecule is C=CC(=O)N(C(C)C)C1C=CCC2C(=O)OC(=O)C21. The molecule has 1 aliphatic heterocycles. The molecule has 1 fully saturated rings. The summed E-state index contributed by atoms with van der Waals surface area (Å²) in [5.41, 5.74) is 0. The Morgan fingerprint density at radius 2 is 2.16 bits per heavy atom. The standard InChI is InChI=1S/C14H17NO4/c1-4-11(16)15(8(2)3)10-7-5-6-9-12(10)14(18)19-13(9)17/h4-5,7-10,12H,1,6H2,2-3H3. The zero-order valence-corrected chi connectivity index (χ0v) is 11.0. The Kier molecular flexibility index (Phi) is 3.55. The summed E-state index contributed by atoms with van der Waals surface area (Å²) in [5, 5.41) is 0. The molecule has 2 rings (SSSR count). The van der Waals surface area contributed by atoms with Crippen LogP contribution in [0.2, 0.25) is 0 Å². The van der Waals surface area contributed by atoms with E-state index in [1.807, 2.05) is 26.0 Å². The lowest BCUT2D eigenvalue weighted by Crippen LogP contribution is -2.50. The highest BCUT2D eigenvalue weighted by Gasteiger charge is 2.51. The molecule has 0 N–H and O–H groups in total. The van der Waals surface area contributed by atoms with E-state index in [4.69, 9.17) is 4.74 Å². The van der Waals surface area contributed by atoms with Crippen LogP contribution in [0.5, 0.6) is 0 Å². The monoisotopic (exact) mass is 263 g/mol. The molecule has 1 aliphatic carbocycles. The number of ether oxygens (including phenoxy) is 1. The Morgan fingerprint density at radius 1 is 1.47 bits per heavy atom. The molecule has 0 aromatic heterocycles. The van der Waals surface area contributed by atoms with Gasteiger partial charge in [0.25, 0.3) is 0 Å². The van der Waals surface area contributed by atoms with E-state index in [1.165, 1.54) is 6.08 Å². The van der Waals surface area contributed by atoms with Gasteiger partial charge in [0, 0.05) is 6.04 Å². The molecule has 2 aliphatic rings. The van der Waals surface area contributed by atoms with Crippen molar-refractivity contribution < 1.29 is 19.1 Å². The lowest BCUT2D eigenvalue weighted by atomic mass is 9.80. The average Bonchev–Trinajstić information content (AvgIpc) is 2.65. The van der Waals surface area contributed by atoms with Gasteiger partial charge in [-0.1, -0.05) is 18.7 Å². The number of carbonyl (C=O) groups excluding carboxylic acids is 3. The van der Waals surface area contributed by atoms with Crippen molar-refractivity contribution in [3.63, 3.8) is 0 Å². The van der Waals surface area contributed by atoms with Gasteiger partial charge in [-0.3, -0.25) is 14.4 Å². The van der Waals surface area contributed by atoms with Gasteiger partial charge in [-0.15, -0.1) is 0 Å². The summed E-state index contributed by atoms with van der Waals surface area (Å²) in [7, 11) is 0. The molecule has 102 valence electrons. The van der Waals surface area contributed by atoms with Crippen LogP contribution < -0.4 is 0 Å². The maximum absolute atomic E-state index is 12.0. The highest BCUT2D eigenvalue weighted by Crippen LogP contribution is 2.36. The number of allylic oxidation sites excluding steroid dienone is 1. The maximum atomic E-state index is 12.0. The van der Waals surface area contributed by atoms with Crippen molar-refractivity contribution in [3.05, 3.63) is 24.8 Å². The van der Waals surface area contributed by atoms with Gasteiger partial charge in [0.05, 0.1) is 17.9 Å². The number of rotatable bonds is 3. The Hall–Kier alpha value is -1.91. The van der Waals surface area contributed by atoms with Gasteiger partial charge in [-0.25, -0.2) is 0 Å². The van der Waals surface area contributed by atoms with Crippen LogP contribution in [0.1, 0.15) is 20.3 Å². The molecule has 0 saturated carbocycles. The summed E-state index contributed by atoms with van der Waals surface area (Å²) in [6.07, 6.45) is 5.35. The summed E-state index contributed by atoms with van der Waals surface area (Å²) >= 11 is 0. The van der Waals surface area contributed by atoms with Crippen molar-refractivity contribution in [1.82, 2.24) is 4.90 Å². The first-order valence-electron chi connectivity index (χ1n) is 6.34. The summed E-state index contributed by atoms with van der Waals surface area (Å²) in [6, 6.07) is -0.536. The van der Waals surface area contributed by atoms with Crippen LogP contribution in [0.15, 0.2) is 24.8 Å². The number of amides is 1. The predicted octanol–water partition coefficient (Wildman–Crippen LogP) is 1.05. The van der Waals surface area contributed by atoms with E-state index < -0.39 is 29.8 Å². The van der Waals surface area contributed by atoms with Crippen molar-refractivity contribution in [2.45, 2.75) is 32.4 Å². The molecule has 1 amide bonds. The largest absolute Gasteiger partial charge is 0.393 e. The normalized spacial score (nSPS) is 29.1. The van der Waals surface area contributed by atoms with Crippen LogP contribution in [-0.4, -0.2) is 34.8 Å². The molecular weight excluding hydrogens is 246 g/mol. The molecule has 0 spiro atoms. The summed E-state index contributed by atoms with van der Waals surface area (Å²) in [4.78, 5) is 37.0. The van der Waals surface area contributed by atoms with Crippen molar-refractivity contribution in [2.75, 3.05) is 0 Å². The number of hydrogen-bond donors (Lipinski definition) is 0. The third-order valence-corrected chi connectivity index (χ3v) is 3.61. The van der Waals surface area contributed by atoms with Crippen LogP contribution in [0.25, 0.3) is 0 Å². The lowest BCUT2D eigenvalue weighted by molar-refractivity contribution is -0.154. The number of esters is 2. The van der Waals surface area contributed by atoms with Crippen LogP contribution >= 0.6 is 0 Å². The molecule has 0 aromatic carbocycles. The van der Waals surface area contributed by atoms with Gasteiger partial charge >= 0.3 is 11.9 Å². The zero-order chi connectivity index (χ0) is 14.2. The fraction of sp³-hybridized carbons (Fsp3) is 0.500. The van der Waals surface area contributed by atoms with E-state index in [0.29, 0.717) is 6.42 Å². The highest BCUT2D eigenvalue weighted by molar-refractivity contribution is 5.98. The first-order valence-corrected chi connectivity index (χ1v) is 6.34. The Labute approximate surface area is 111 Å². The Morgan fingerprint density at radius 3 is 2.74 bits per heavy atom. The van der Waals surface area contributed by atoms with E-state index in [9.17, 15) is 14.4 Å². The van der Waals surface area contributed by atoms with Crippen molar-refractivity contribution >= 4 is 17.8 Å². The van der Waals surface area contributed by atoms with E-state index in [0.717, 1.165) is 0 Å². The smallest absolute Gasteiger partial charge is 0.319 e. The number of fused-ring (bicyclic) bond motifs is 1. The Bertz CT molecular complexity index is 466. The highest BCUT2D eigenvalue weighted by atomic mass is 16.6. The second kappa shape index (κ2) is 4.99. The van der Waals surface area contributed by atoms with E-state index in [2.05, 4.69) is 6.58 Å². The minimum absolute atomic E-state index is 0.0950. The third-order valence-electron chi connectivity index (χ3n) is 3.61. The molecule has 0 radical (unpaired) electrons. The van der Waals surface area contributed by atoms with Crippen molar-refractivity contribution in [1.29, 1.82) is 0 Å². The van der Waals surface area contributed by atoms with Gasteiger partial charge in [0.1, 0.15) is 0 Å². The first-order chi connectivity index (χ1) is 8.97. The number of carbonyl (C=O) groups is 3. The lowest BCUT2D eigenvalue weighted by Gasteiger charge is -2.37. The molecule has 5 heteroatoms. The molecule has 1 saturated heterocycles. The maximum Gasteiger partial charge on any atom is 0.319 e. The minimum atomic E-state index is -0.594. The van der Waals surface area contributed by atoms with Gasteiger partial charge < -0.3 is 9.64 Å². The number of cyclic esters (lactones) is 2. The fourth-order valence-corrected chi connectivity index (χ4v) is 2.78. The minimum Gasteiger partial charge on any atom is -0.393 e. The van der Waals surface area contributed by atoms with Gasteiger partial charge in [-0.05, 0) is 26.3 Å². The van der Waals surface area contributed by atoms with Gasteiger partial charge in [0.2, 0.25) is 5.91 Å². The predicted molar refractivity (Wildman–Crippen MR) is 67.8 cm³/mol. The van der Waals surface area contributed by atoms with Crippen molar-refractivity contribution in [2.24, 2.45) is 11.8 Å². The van der Waals surface area contributed by atoms with E-state index >= 15 is 0 Å². The average molecular weight is 263 g/mol. The van der Waals surface area contributed by atoms with Crippen LogP contribution in [0.3, 0.4) is 0 Å². The Balaban J connectivity index is 2.36. The molecule has 0 aromatic rings. The third kappa shape index (κ3) is 2.20. The summed E-state index contributed by atoms with van der Waals surface area (Å²) in [5.74, 6) is -2.34. The molecule has 0 bridgehead atoms. The second-order valence-corrected chi connectivity index (χ2v) is 5.07. The van der Waals surface area contributed by atoms with Gasteiger partial charge in [-0.2, -0.15) is 0 Å².